The van der Waals surface area contributed by atoms with Crippen LogP contribution in [0.15, 0.2) is 36.4 Å². The largest absolute Gasteiger partial charge is 0.326 e. The number of aryl methyl sites for hydroxylation is 1. The molecule has 25 heavy (non-hydrogen) atoms. The minimum atomic E-state index is -0.188. The van der Waals surface area contributed by atoms with Crippen LogP contribution in [0.25, 0.3) is 0 Å². The molecule has 2 bridgehead atoms. The van der Waals surface area contributed by atoms with Crippen LogP contribution in [0.4, 0.5) is 5.69 Å². The van der Waals surface area contributed by atoms with Gasteiger partial charge in [-0.2, -0.15) is 0 Å². The fraction of sp³-hybridized carbons (Fsp3) is 0.450. The smallest absolute Gasteiger partial charge is 0.233 e. The predicted octanol–water partition coefficient (Wildman–Crippen LogP) is 2.38. The van der Waals surface area contributed by atoms with Crippen molar-refractivity contribution >= 4 is 23.4 Å². The van der Waals surface area contributed by atoms with Crippen molar-refractivity contribution in [1.29, 1.82) is 0 Å². The molecule has 4 rings (SSSR count). The molecule has 3 aliphatic rings. The SMILES string of the molecule is CCc1cccc(NC(=O)CCN2C(=O)C3C4C=CC(C4)C3C2=O)c1. The van der Waals surface area contributed by atoms with Crippen molar-refractivity contribution in [3.63, 3.8) is 0 Å². The van der Waals surface area contributed by atoms with Crippen LogP contribution >= 0.6 is 0 Å². The Morgan fingerprint density at radius 3 is 2.48 bits per heavy atom. The highest BCUT2D eigenvalue weighted by Crippen LogP contribution is 2.52. The van der Waals surface area contributed by atoms with Crippen LogP contribution in [0, 0.1) is 23.7 Å². The first-order chi connectivity index (χ1) is 12.1. The number of carbonyl (C=O) groups is 3. The molecular weight excluding hydrogens is 316 g/mol. The van der Waals surface area contributed by atoms with Gasteiger partial charge in [-0.3, -0.25) is 19.3 Å². The normalized spacial score (nSPS) is 29.4. The van der Waals surface area contributed by atoms with Gasteiger partial charge in [-0.15, -0.1) is 0 Å². The highest BCUT2D eigenvalue weighted by Gasteiger charge is 2.58. The molecule has 2 aliphatic carbocycles. The number of anilines is 1. The third kappa shape index (κ3) is 2.68. The lowest BCUT2D eigenvalue weighted by Crippen LogP contribution is -2.35. The highest BCUT2D eigenvalue weighted by atomic mass is 16.2. The molecule has 2 fully saturated rings. The molecule has 1 saturated carbocycles. The molecule has 4 unspecified atom stereocenters. The van der Waals surface area contributed by atoms with Gasteiger partial charge in [0.15, 0.2) is 0 Å². The second-order valence-electron chi connectivity index (χ2n) is 7.18. The van der Waals surface area contributed by atoms with E-state index in [1.54, 1.807) is 0 Å². The quantitative estimate of drug-likeness (QED) is 0.662. The van der Waals surface area contributed by atoms with Crippen molar-refractivity contribution in [2.24, 2.45) is 23.7 Å². The number of hydrogen-bond acceptors (Lipinski definition) is 3. The Labute approximate surface area is 147 Å². The van der Waals surface area contributed by atoms with Gasteiger partial charge in [0.25, 0.3) is 0 Å². The summed E-state index contributed by atoms with van der Waals surface area (Å²) in [6, 6.07) is 7.71. The Kier molecular flexibility index (Phi) is 3.94. The van der Waals surface area contributed by atoms with E-state index in [2.05, 4.69) is 24.4 Å². The minimum absolute atomic E-state index is 0.0902. The zero-order chi connectivity index (χ0) is 17.6. The summed E-state index contributed by atoms with van der Waals surface area (Å²) in [6.45, 7) is 2.23. The molecule has 1 heterocycles. The zero-order valence-corrected chi connectivity index (χ0v) is 14.3. The summed E-state index contributed by atoms with van der Waals surface area (Å²) in [7, 11) is 0. The minimum Gasteiger partial charge on any atom is -0.326 e. The van der Waals surface area contributed by atoms with Crippen molar-refractivity contribution < 1.29 is 14.4 Å². The Morgan fingerprint density at radius 2 is 1.84 bits per heavy atom. The van der Waals surface area contributed by atoms with Crippen LogP contribution in [0.3, 0.4) is 0 Å². The number of fused-ring (bicyclic) bond motifs is 5. The molecule has 1 aromatic rings. The number of benzene rings is 1. The molecular formula is C20H22N2O3. The highest BCUT2D eigenvalue weighted by molar-refractivity contribution is 6.06. The van der Waals surface area contributed by atoms with E-state index >= 15 is 0 Å². The molecule has 5 heteroatoms. The summed E-state index contributed by atoms with van der Waals surface area (Å²) in [5.74, 6) is -0.310. The maximum atomic E-state index is 12.6. The number of imide groups is 1. The molecule has 130 valence electrons. The monoisotopic (exact) mass is 338 g/mol. The van der Waals surface area contributed by atoms with Gasteiger partial charge >= 0.3 is 0 Å². The summed E-state index contributed by atoms with van der Waals surface area (Å²) in [5.41, 5.74) is 1.90. The average molecular weight is 338 g/mol. The molecule has 0 aromatic heterocycles. The summed E-state index contributed by atoms with van der Waals surface area (Å²) in [4.78, 5) is 38.7. The van der Waals surface area contributed by atoms with Crippen LogP contribution in [-0.2, 0) is 20.8 Å². The van der Waals surface area contributed by atoms with E-state index in [4.69, 9.17) is 0 Å². The van der Waals surface area contributed by atoms with Crippen molar-refractivity contribution in [1.82, 2.24) is 4.90 Å². The van der Waals surface area contributed by atoms with Gasteiger partial charge in [0.2, 0.25) is 17.7 Å². The second-order valence-corrected chi connectivity index (χ2v) is 7.18. The fourth-order valence-electron chi connectivity index (χ4n) is 4.49. The lowest BCUT2D eigenvalue weighted by atomic mass is 9.85. The number of amides is 3. The van der Waals surface area contributed by atoms with Crippen LogP contribution < -0.4 is 5.32 Å². The molecule has 1 saturated heterocycles. The van der Waals surface area contributed by atoms with Crippen molar-refractivity contribution in [3.8, 4) is 0 Å². The van der Waals surface area contributed by atoms with Gasteiger partial charge in [-0.25, -0.2) is 0 Å². The van der Waals surface area contributed by atoms with Crippen molar-refractivity contribution in [2.45, 2.75) is 26.2 Å². The van der Waals surface area contributed by atoms with Crippen LogP contribution in [0.2, 0.25) is 0 Å². The molecule has 1 N–H and O–H groups in total. The Bertz CT molecular complexity index is 740. The van der Waals surface area contributed by atoms with Gasteiger partial charge in [0.1, 0.15) is 0 Å². The summed E-state index contributed by atoms with van der Waals surface area (Å²) >= 11 is 0. The first-order valence-electron chi connectivity index (χ1n) is 9.01. The topological polar surface area (TPSA) is 66.5 Å². The number of allylic oxidation sites excluding steroid dienone is 2. The van der Waals surface area contributed by atoms with E-state index < -0.39 is 0 Å². The lowest BCUT2D eigenvalue weighted by molar-refractivity contribution is -0.140. The lowest BCUT2D eigenvalue weighted by Gasteiger charge is -2.17. The standard InChI is InChI=1S/C20H22N2O3/c1-2-12-4-3-5-15(10-12)21-16(23)8-9-22-19(24)17-13-6-7-14(11-13)18(17)20(22)25/h3-7,10,13-14,17-18H,2,8-9,11H2,1H3,(H,21,23). The van der Waals surface area contributed by atoms with E-state index in [1.165, 1.54) is 4.90 Å². The molecule has 0 radical (unpaired) electrons. The van der Waals surface area contributed by atoms with E-state index in [0.29, 0.717) is 0 Å². The van der Waals surface area contributed by atoms with Gasteiger partial charge in [0.05, 0.1) is 11.8 Å². The number of hydrogen-bond donors (Lipinski definition) is 1. The number of nitrogens with one attached hydrogen (secondary N) is 1. The summed E-state index contributed by atoms with van der Waals surface area (Å²) in [5, 5.41) is 2.85. The van der Waals surface area contributed by atoms with Gasteiger partial charge < -0.3 is 5.32 Å². The third-order valence-corrected chi connectivity index (χ3v) is 5.74. The number of likely N-dealkylation sites (tertiary alicyclic amines) is 1. The average Bonchev–Trinajstić information content (AvgIpc) is 3.28. The molecule has 1 aliphatic heterocycles. The van der Waals surface area contributed by atoms with E-state index in [1.807, 2.05) is 24.3 Å². The van der Waals surface area contributed by atoms with Gasteiger partial charge in [0, 0.05) is 18.7 Å². The maximum Gasteiger partial charge on any atom is 0.233 e. The second kappa shape index (κ2) is 6.14. The zero-order valence-electron chi connectivity index (χ0n) is 14.3. The first-order valence-corrected chi connectivity index (χ1v) is 9.01. The molecule has 0 spiro atoms. The first kappa shape index (κ1) is 16.1. The number of carbonyl (C=O) groups excluding carboxylic acids is 3. The maximum absolute atomic E-state index is 12.6. The third-order valence-electron chi connectivity index (χ3n) is 5.74. The molecule has 3 amide bonds. The summed E-state index contributed by atoms with van der Waals surface area (Å²) < 4.78 is 0. The van der Waals surface area contributed by atoms with Gasteiger partial charge in [-0.05, 0) is 42.4 Å². The number of nitrogens with zero attached hydrogens (tertiary/aromatic N) is 1. The number of rotatable bonds is 5. The summed E-state index contributed by atoms with van der Waals surface area (Å²) in [6.07, 6.45) is 6.12. The predicted molar refractivity (Wildman–Crippen MR) is 93.5 cm³/mol. The molecule has 5 nitrogen and oxygen atoms in total. The molecule has 4 atom stereocenters. The van der Waals surface area contributed by atoms with E-state index in [0.717, 1.165) is 24.1 Å². The Morgan fingerprint density at radius 1 is 1.16 bits per heavy atom. The van der Waals surface area contributed by atoms with Crippen molar-refractivity contribution in [2.75, 3.05) is 11.9 Å². The van der Waals surface area contributed by atoms with Crippen LogP contribution in [-0.4, -0.2) is 29.2 Å². The van der Waals surface area contributed by atoms with Crippen LogP contribution in [0.1, 0.15) is 25.3 Å². The van der Waals surface area contributed by atoms with Gasteiger partial charge in [-0.1, -0.05) is 31.2 Å². The van der Waals surface area contributed by atoms with E-state index in [-0.39, 0.29) is 54.4 Å². The van der Waals surface area contributed by atoms with Crippen molar-refractivity contribution in [3.05, 3.63) is 42.0 Å². The fourth-order valence-corrected chi connectivity index (χ4v) is 4.49. The Hall–Kier alpha value is -2.43. The van der Waals surface area contributed by atoms with Crippen LogP contribution in [0.5, 0.6) is 0 Å². The Balaban J connectivity index is 1.36. The molecule has 1 aromatic carbocycles. The van der Waals surface area contributed by atoms with E-state index in [9.17, 15) is 14.4 Å².